The van der Waals surface area contributed by atoms with E-state index in [2.05, 4.69) is 0 Å². The zero-order chi connectivity index (χ0) is 12.3. The topological polar surface area (TPSA) is 51.2 Å². The van der Waals surface area contributed by atoms with E-state index in [0.29, 0.717) is 0 Å². The molecule has 0 aliphatic rings. The molecule has 0 fully saturated rings. The number of hydrogen-bond acceptors (Lipinski definition) is 3. The number of Topliss-reactive ketones (excluding diaryl/α,β-unsaturated/α-hetero) is 1. The molecular weight excluding hydrogens is 255 g/mol. The highest BCUT2D eigenvalue weighted by molar-refractivity contribution is 7.92. The van der Waals surface area contributed by atoms with E-state index >= 15 is 0 Å². The van der Waals surface area contributed by atoms with Crippen LogP contribution in [-0.4, -0.2) is 20.0 Å². The zero-order valence-corrected chi connectivity index (χ0v) is 10.1. The minimum atomic E-state index is -3.71. The Morgan fingerprint density at radius 2 is 2.06 bits per heavy atom. The Kier molecular flexibility index (Phi) is 4.04. The summed E-state index contributed by atoms with van der Waals surface area (Å²) in [6, 6.07) is 3.07. The maximum Gasteiger partial charge on any atom is 0.185 e. The number of benzene rings is 1. The predicted molar refractivity (Wildman–Crippen MR) is 58.8 cm³/mol. The average molecular weight is 265 g/mol. The average Bonchev–Trinajstić information content (AvgIpc) is 2.21. The van der Waals surface area contributed by atoms with Gasteiger partial charge in [-0.15, -0.1) is 0 Å². The summed E-state index contributed by atoms with van der Waals surface area (Å²) in [7, 11) is -3.71. The molecule has 1 aromatic rings. The van der Waals surface area contributed by atoms with Gasteiger partial charge in [-0.3, -0.25) is 4.79 Å². The van der Waals surface area contributed by atoms with Crippen molar-refractivity contribution in [1.82, 2.24) is 0 Å². The van der Waals surface area contributed by atoms with Crippen molar-refractivity contribution < 1.29 is 17.6 Å². The second-order valence-electron chi connectivity index (χ2n) is 3.23. The smallest absolute Gasteiger partial charge is 0.185 e. The minimum Gasteiger partial charge on any atom is -0.299 e. The van der Waals surface area contributed by atoms with Gasteiger partial charge in [0.1, 0.15) is 17.4 Å². The Balaban J connectivity index is 3.08. The van der Waals surface area contributed by atoms with Crippen molar-refractivity contribution in [2.75, 3.05) is 5.75 Å². The van der Waals surface area contributed by atoms with Crippen LogP contribution >= 0.6 is 11.6 Å². The first-order chi connectivity index (χ1) is 7.36. The summed E-state index contributed by atoms with van der Waals surface area (Å²) in [5.41, 5.74) is 0. The summed E-state index contributed by atoms with van der Waals surface area (Å²) in [6.45, 7) is 1.58. The van der Waals surface area contributed by atoms with Crippen molar-refractivity contribution in [3.8, 4) is 0 Å². The number of rotatable bonds is 4. The SMILES string of the molecule is CCC(=O)CS(=O)(=O)c1ccc(F)c(Cl)c1. The molecule has 0 unspecified atom stereocenters. The second kappa shape index (κ2) is 4.93. The van der Waals surface area contributed by atoms with Gasteiger partial charge in [-0.1, -0.05) is 18.5 Å². The molecule has 0 aliphatic carbocycles. The van der Waals surface area contributed by atoms with Gasteiger partial charge in [-0.25, -0.2) is 12.8 Å². The van der Waals surface area contributed by atoms with E-state index in [-0.39, 0.29) is 22.1 Å². The lowest BCUT2D eigenvalue weighted by molar-refractivity contribution is -0.116. The minimum absolute atomic E-state index is 0.138. The monoisotopic (exact) mass is 264 g/mol. The van der Waals surface area contributed by atoms with Gasteiger partial charge in [-0.2, -0.15) is 0 Å². The summed E-state index contributed by atoms with van der Waals surface area (Å²) in [5.74, 6) is -1.66. The Morgan fingerprint density at radius 1 is 1.44 bits per heavy atom. The Labute approximate surface area is 98.1 Å². The summed E-state index contributed by atoms with van der Waals surface area (Å²) in [6.07, 6.45) is 0.147. The summed E-state index contributed by atoms with van der Waals surface area (Å²) in [4.78, 5) is 10.9. The number of sulfone groups is 1. The standard InChI is InChI=1S/C10H10ClFO3S/c1-2-7(13)6-16(14,15)8-3-4-10(12)9(11)5-8/h3-5H,2,6H2,1H3. The molecule has 0 bridgehead atoms. The molecule has 0 saturated carbocycles. The van der Waals surface area contributed by atoms with E-state index < -0.39 is 21.4 Å². The van der Waals surface area contributed by atoms with Crippen molar-refractivity contribution in [3.63, 3.8) is 0 Å². The molecule has 1 aromatic carbocycles. The van der Waals surface area contributed by atoms with Gasteiger partial charge < -0.3 is 0 Å². The van der Waals surface area contributed by atoms with Crippen LogP contribution < -0.4 is 0 Å². The van der Waals surface area contributed by atoms with Crippen molar-refractivity contribution >= 4 is 27.2 Å². The molecule has 0 heterocycles. The Bertz CT molecular complexity index is 511. The van der Waals surface area contributed by atoms with Gasteiger partial charge in [0.25, 0.3) is 0 Å². The molecule has 0 aromatic heterocycles. The maximum absolute atomic E-state index is 12.8. The van der Waals surface area contributed by atoms with Gasteiger partial charge >= 0.3 is 0 Å². The van der Waals surface area contributed by atoms with E-state index in [0.717, 1.165) is 18.2 Å². The summed E-state index contributed by atoms with van der Waals surface area (Å²) in [5, 5.41) is -0.273. The molecule has 0 N–H and O–H groups in total. The highest BCUT2D eigenvalue weighted by Gasteiger charge is 2.19. The highest BCUT2D eigenvalue weighted by atomic mass is 35.5. The first kappa shape index (κ1) is 13.1. The number of ketones is 1. The number of carbonyl (C=O) groups excluding carboxylic acids is 1. The molecule has 16 heavy (non-hydrogen) atoms. The molecule has 3 nitrogen and oxygen atoms in total. The normalized spacial score (nSPS) is 11.4. The van der Waals surface area contributed by atoms with Crippen LogP contribution in [-0.2, 0) is 14.6 Å². The van der Waals surface area contributed by atoms with Crippen molar-refractivity contribution in [2.45, 2.75) is 18.2 Å². The van der Waals surface area contributed by atoms with Crippen LogP contribution in [0.2, 0.25) is 5.02 Å². The quantitative estimate of drug-likeness (QED) is 0.784. The van der Waals surface area contributed by atoms with Crippen LogP contribution in [0.15, 0.2) is 23.1 Å². The molecule has 0 spiro atoms. The molecule has 0 saturated heterocycles. The van der Waals surface area contributed by atoms with E-state index in [9.17, 15) is 17.6 Å². The second-order valence-corrected chi connectivity index (χ2v) is 5.62. The van der Waals surface area contributed by atoms with Crippen LogP contribution in [0, 0.1) is 5.82 Å². The maximum atomic E-state index is 12.8. The fourth-order valence-electron chi connectivity index (χ4n) is 1.07. The largest absolute Gasteiger partial charge is 0.299 e. The fraction of sp³-hybridized carbons (Fsp3) is 0.300. The van der Waals surface area contributed by atoms with Gasteiger partial charge in [0.15, 0.2) is 9.84 Å². The molecule has 0 aliphatic heterocycles. The van der Waals surface area contributed by atoms with Crippen molar-refractivity contribution in [2.24, 2.45) is 0 Å². The molecule has 6 heteroatoms. The number of halogens is 2. The van der Waals surface area contributed by atoms with Crippen LogP contribution in [0.3, 0.4) is 0 Å². The first-order valence-electron chi connectivity index (χ1n) is 4.56. The lowest BCUT2D eigenvalue weighted by Crippen LogP contribution is -2.15. The van der Waals surface area contributed by atoms with E-state index in [1.165, 1.54) is 0 Å². The van der Waals surface area contributed by atoms with E-state index in [4.69, 9.17) is 11.6 Å². The van der Waals surface area contributed by atoms with Gasteiger partial charge in [0, 0.05) is 6.42 Å². The summed E-state index contributed by atoms with van der Waals surface area (Å²) >= 11 is 5.47. The van der Waals surface area contributed by atoms with Crippen LogP contribution in [0.1, 0.15) is 13.3 Å². The zero-order valence-electron chi connectivity index (χ0n) is 8.54. The predicted octanol–water partition coefficient (Wildman–Crippen LogP) is 2.23. The lowest BCUT2D eigenvalue weighted by Gasteiger charge is -2.03. The molecular formula is C10H10ClFO3S. The third-order valence-corrected chi connectivity index (χ3v) is 3.96. The molecule has 88 valence electrons. The van der Waals surface area contributed by atoms with Gasteiger partial charge in [0.05, 0.1) is 9.92 Å². The fourth-order valence-corrected chi connectivity index (χ4v) is 2.68. The van der Waals surface area contributed by atoms with Crippen molar-refractivity contribution in [3.05, 3.63) is 29.0 Å². The highest BCUT2D eigenvalue weighted by Crippen LogP contribution is 2.20. The lowest BCUT2D eigenvalue weighted by atomic mass is 10.3. The van der Waals surface area contributed by atoms with Crippen molar-refractivity contribution in [1.29, 1.82) is 0 Å². The third kappa shape index (κ3) is 3.02. The molecule has 0 amide bonds. The molecule has 0 radical (unpaired) electrons. The van der Waals surface area contributed by atoms with Crippen LogP contribution in [0.5, 0.6) is 0 Å². The van der Waals surface area contributed by atoms with Gasteiger partial charge in [-0.05, 0) is 18.2 Å². The molecule has 1 rings (SSSR count). The Morgan fingerprint density at radius 3 is 2.56 bits per heavy atom. The summed E-state index contributed by atoms with van der Waals surface area (Å²) < 4.78 is 36.1. The van der Waals surface area contributed by atoms with E-state index in [1.807, 2.05) is 0 Å². The van der Waals surface area contributed by atoms with Crippen LogP contribution in [0.4, 0.5) is 4.39 Å². The number of hydrogen-bond donors (Lipinski definition) is 0. The molecule has 0 atom stereocenters. The first-order valence-corrected chi connectivity index (χ1v) is 6.59. The third-order valence-electron chi connectivity index (χ3n) is 2.00. The van der Waals surface area contributed by atoms with Gasteiger partial charge in [0.2, 0.25) is 0 Å². The number of carbonyl (C=O) groups is 1. The van der Waals surface area contributed by atoms with E-state index in [1.54, 1.807) is 6.92 Å². The van der Waals surface area contributed by atoms with Crippen LogP contribution in [0.25, 0.3) is 0 Å². The Hall–Kier alpha value is -0.940.